The van der Waals surface area contributed by atoms with Gasteiger partial charge in [0.05, 0.1) is 23.0 Å². The predicted octanol–water partition coefficient (Wildman–Crippen LogP) is 3.64. The number of hydrogen-bond donors (Lipinski definition) is 0. The summed E-state index contributed by atoms with van der Waals surface area (Å²) in [6.07, 6.45) is -2.94. The Kier molecular flexibility index (Phi) is 4.51. The molecule has 25 heavy (non-hydrogen) atoms. The van der Waals surface area contributed by atoms with E-state index in [1.54, 1.807) is 6.20 Å². The predicted molar refractivity (Wildman–Crippen MR) is 81.9 cm³/mol. The number of para-hydroxylation sites is 1. The minimum atomic E-state index is -4.52. The second-order valence-corrected chi connectivity index (χ2v) is 5.14. The zero-order valence-electron chi connectivity index (χ0n) is 12.8. The van der Waals surface area contributed by atoms with Gasteiger partial charge in [0.2, 0.25) is 0 Å². The van der Waals surface area contributed by atoms with E-state index >= 15 is 0 Å². The number of alkyl halides is 3. The molecule has 0 aliphatic heterocycles. The van der Waals surface area contributed by atoms with Crippen molar-refractivity contribution in [3.8, 4) is 5.69 Å². The van der Waals surface area contributed by atoms with Gasteiger partial charge in [-0.25, -0.2) is 9.48 Å². The van der Waals surface area contributed by atoms with Crippen molar-refractivity contribution in [1.82, 2.24) is 15.0 Å². The molecular formula is C17H12F3N3O2. The normalized spacial score (nSPS) is 11.3. The number of esters is 1. The molecule has 0 fully saturated rings. The van der Waals surface area contributed by atoms with Crippen molar-refractivity contribution in [2.24, 2.45) is 0 Å². The lowest BCUT2D eigenvalue weighted by molar-refractivity contribution is -0.137. The molecule has 8 heteroatoms. The molecule has 128 valence electrons. The van der Waals surface area contributed by atoms with E-state index in [2.05, 4.69) is 10.3 Å². The Morgan fingerprint density at radius 1 is 1.08 bits per heavy atom. The van der Waals surface area contributed by atoms with Crippen LogP contribution in [0.5, 0.6) is 0 Å². The Bertz CT molecular complexity index is 876. The summed E-state index contributed by atoms with van der Waals surface area (Å²) in [4.78, 5) is 11.9. The van der Waals surface area contributed by atoms with Crippen molar-refractivity contribution in [3.05, 3.63) is 77.6 Å². The van der Waals surface area contributed by atoms with Gasteiger partial charge in [0, 0.05) is 0 Å². The Hall–Kier alpha value is -3.16. The minimum absolute atomic E-state index is 0.176. The summed E-state index contributed by atoms with van der Waals surface area (Å²) < 4.78 is 44.5. The fourth-order valence-electron chi connectivity index (χ4n) is 2.12. The molecule has 0 bridgehead atoms. The molecule has 0 aliphatic carbocycles. The van der Waals surface area contributed by atoms with E-state index in [4.69, 9.17) is 4.74 Å². The van der Waals surface area contributed by atoms with Gasteiger partial charge in [0.25, 0.3) is 0 Å². The lowest BCUT2D eigenvalue weighted by atomic mass is 10.1. The number of halogens is 3. The molecule has 0 atom stereocenters. The molecule has 3 aromatic rings. The van der Waals surface area contributed by atoms with Crippen molar-refractivity contribution < 1.29 is 22.7 Å². The molecule has 0 saturated carbocycles. The number of carbonyl (C=O) groups is 1. The van der Waals surface area contributed by atoms with E-state index in [9.17, 15) is 18.0 Å². The molecule has 0 amide bonds. The first-order chi connectivity index (χ1) is 11.9. The largest absolute Gasteiger partial charge is 0.455 e. The summed E-state index contributed by atoms with van der Waals surface area (Å²) in [6.45, 7) is -0.193. The maximum atomic E-state index is 12.7. The van der Waals surface area contributed by atoms with Gasteiger partial charge in [-0.3, -0.25) is 0 Å². The van der Waals surface area contributed by atoms with E-state index < -0.39 is 17.7 Å². The van der Waals surface area contributed by atoms with Crippen LogP contribution in [0, 0.1) is 0 Å². The van der Waals surface area contributed by atoms with Gasteiger partial charge in [-0.2, -0.15) is 13.2 Å². The first-order valence-electron chi connectivity index (χ1n) is 7.24. The van der Waals surface area contributed by atoms with Crippen LogP contribution in [0.1, 0.15) is 21.6 Å². The second-order valence-electron chi connectivity index (χ2n) is 5.14. The number of ether oxygens (including phenoxy) is 1. The molecule has 0 spiro atoms. The summed E-state index contributed by atoms with van der Waals surface area (Å²) in [5.41, 5.74) is 0.0804. The molecule has 1 aromatic heterocycles. The molecule has 0 N–H and O–H groups in total. The molecule has 3 rings (SSSR count). The second kappa shape index (κ2) is 6.76. The SMILES string of the molecule is O=C(OCc1cn(-c2ccccc2)nn1)c1cccc(C(F)(F)F)c1. The molecule has 0 saturated heterocycles. The molecule has 0 radical (unpaired) electrons. The number of benzene rings is 2. The maximum absolute atomic E-state index is 12.7. The van der Waals surface area contributed by atoms with E-state index in [-0.39, 0.29) is 12.2 Å². The third-order valence-corrected chi connectivity index (χ3v) is 3.34. The standard InChI is InChI=1S/C17H12F3N3O2/c18-17(19,20)13-6-4-5-12(9-13)16(24)25-11-14-10-23(22-21-14)15-7-2-1-3-8-15/h1-10H,11H2. The Morgan fingerprint density at radius 3 is 2.56 bits per heavy atom. The van der Waals surface area contributed by atoms with Crippen LogP contribution in [-0.2, 0) is 17.5 Å². The number of hydrogen-bond acceptors (Lipinski definition) is 4. The molecule has 1 heterocycles. The van der Waals surface area contributed by atoms with Crippen LogP contribution in [0.2, 0.25) is 0 Å². The lowest BCUT2D eigenvalue weighted by Gasteiger charge is -2.08. The summed E-state index contributed by atoms with van der Waals surface area (Å²) in [5, 5.41) is 7.78. The number of carbonyl (C=O) groups excluding carboxylic acids is 1. The van der Waals surface area contributed by atoms with Crippen LogP contribution in [0.15, 0.2) is 60.8 Å². The Morgan fingerprint density at radius 2 is 1.84 bits per heavy atom. The van der Waals surface area contributed by atoms with Crippen LogP contribution < -0.4 is 0 Å². The molecule has 5 nitrogen and oxygen atoms in total. The van der Waals surface area contributed by atoms with Gasteiger partial charge in [0.15, 0.2) is 0 Å². The van der Waals surface area contributed by atoms with Gasteiger partial charge in [-0.15, -0.1) is 5.10 Å². The smallest absolute Gasteiger partial charge is 0.416 e. The number of rotatable bonds is 4. The van der Waals surface area contributed by atoms with Crippen LogP contribution in [0.25, 0.3) is 5.69 Å². The van der Waals surface area contributed by atoms with Gasteiger partial charge in [-0.05, 0) is 30.3 Å². The van der Waals surface area contributed by atoms with Crippen molar-refractivity contribution >= 4 is 5.97 Å². The fourth-order valence-corrected chi connectivity index (χ4v) is 2.12. The van der Waals surface area contributed by atoms with Gasteiger partial charge < -0.3 is 4.74 Å². The maximum Gasteiger partial charge on any atom is 0.416 e. The highest BCUT2D eigenvalue weighted by Crippen LogP contribution is 2.29. The van der Waals surface area contributed by atoms with Gasteiger partial charge in [-0.1, -0.05) is 29.5 Å². The molecular weight excluding hydrogens is 335 g/mol. The highest BCUT2D eigenvalue weighted by molar-refractivity contribution is 5.89. The van der Waals surface area contributed by atoms with Crippen molar-refractivity contribution in [3.63, 3.8) is 0 Å². The summed E-state index contributed by atoms with van der Waals surface area (Å²) in [7, 11) is 0. The molecule has 0 unspecified atom stereocenters. The number of nitrogens with zero attached hydrogens (tertiary/aromatic N) is 3. The topological polar surface area (TPSA) is 57.0 Å². The van der Waals surface area contributed by atoms with Crippen molar-refractivity contribution in [2.75, 3.05) is 0 Å². The first-order valence-corrected chi connectivity index (χ1v) is 7.24. The summed E-state index contributed by atoms with van der Waals surface area (Å²) >= 11 is 0. The Labute approximate surface area is 140 Å². The average molecular weight is 347 g/mol. The monoisotopic (exact) mass is 347 g/mol. The third kappa shape index (κ3) is 4.03. The van der Waals surface area contributed by atoms with Crippen LogP contribution in [0.3, 0.4) is 0 Å². The fraction of sp³-hybridized carbons (Fsp3) is 0.118. The van der Waals surface area contributed by atoms with Crippen LogP contribution in [-0.4, -0.2) is 21.0 Å². The summed E-state index contributed by atoms with van der Waals surface area (Å²) in [6, 6.07) is 13.3. The minimum Gasteiger partial charge on any atom is -0.455 e. The van der Waals surface area contributed by atoms with E-state index in [0.717, 1.165) is 23.9 Å². The zero-order valence-corrected chi connectivity index (χ0v) is 12.8. The first kappa shape index (κ1) is 16.7. The number of aromatic nitrogens is 3. The molecule has 2 aromatic carbocycles. The quantitative estimate of drug-likeness (QED) is 0.676. The van der Waals surface area contributed by atoms with Crippen LogP contribution in [0.4, 0.5) is 13.2 Å². The van der Waals surface area contributed by atoms with Crippen molar-refractivity contribution in [1.29, 1.82) is 0 Å². The van der Waals surface area contributed by atoms with Gasteiger partial charge >= 0.3 is 12.1 Å². The highest BCUT2D eigenvalue weighted by Gasteiger charge is 2.31. The van der Waals surface area contributed by atoms with Crippen LogP contribution >= 0.6 is 0 Å². The highest BCUT2D eigenvalue weighted by atomic mass is 19.4. The average Bonchev–Trinajstić information content (AvgIpc) is 3.09. The Balaban J connectivity index is 1.66. The molecule has 0 aliphatic rings. The third-order valence-electron chi connectivity index (χ3n) is 3.34. The van der Waals surface area contributed by atoms with E-state index in [1.807, 2.05) is 30.3 Å². The van der Waals surface area contributed by atoms with E-state index in [1.165, 1.54) is 10.7 Å². The van der Waals surface area contributed by atoms with E-state index in [0.29, 0.717) is 5.69 Å². The van der Waals surface area contributed by atoms with Gasteiger partial charge in [0.1, 0.15) is 12.3 Å². The lowest BCUT2D eigenvalue weighted by Crippen LogP contribution is -2.09. The van der Waals surface area contributed by atoms with Crippen molar-refractivity contribution in [2.45, 2.75) is 12.8 Å². The zero-order chi connectivity index (χ0) is 17.9. The summed E-state index contributed by atoms with van der Waals surface area (Å²) in [5.74, 6) is -0.861.